The van der Waals surface area contributed by atoms with Gasteiger partial charge in [0, 0.05) is 18.7 Å². The minimum Gasteiger partial charge on any atom is -0.383 e. The standard InChI is InChI=1S/C12H16ClN3O/c1-3-16-11-5-4-8(13)6-10(11)15-12(16)9(14)7-17-2/h4-6,9H,3,7,14H2,1-2H3. The summed E-state index contributed by atoms with van der Waals surface area (Å²) in [5, 5.41) is 0.685. The topological polar surface area (TPSA) is 53.1 Å². The lowest BCUT2D eigenvalue weighted by molar-refractivity contribution is 0.177. The molecule has 1 aromatic carbocycles. The van der Waals surface area contributed by atoms with E-state index < -0.39 is 0 Å². The van der Waals surface area contributed by atoms with Crippen molar-refractivity contribution in [3.8, 4) is 0 Å². The molecule has 4 nitrogen and oxygen atoms in total. The van der Waals surface area contributed by atoms with Crippen molar-refractivity contribution in [3.63, 3.8) is 0 Å². The van der Waals surface area contributed by atoms with Crippen LogP contribution in [0.4, 0.5) is 0 Å². The smallest absolute Gasteiger partial charge is 0.129 e. The third-order valence-corrected chi connectivity index (χ3v) is 2.97. The zero-order valence-electron chi connectivity index (χ0n) is 9.98. The molecule has 0 bridgehead atoms. The molecule has 1 unspecified atom stereocenters. The predicted molar refractivity (Wildman–Crippen MR) is 69.2 cm³/mol. The zero-order valence-corrected chi connectivity index (χ0v) is 10.7. The maximum Gasteiger partial charge on any atom is 0.129 e. The van der Waals surface area contributed by atoms with Gasteiger partial charge in [-0.2, -0.15) is 0 Å². The predicted octanol–water partition coefficient (Wildman–Crippen LogP) is 2.36. The third kappa shape index (κ3) is 2.29. The van der Waals surface area contributed by atoms with Crippen LogP contribution in [0.15, 0.2) is 18.2 Å². The number of nitrogens with two attached hydrogens (primary N) is 1. The number of methoxy groups -OCH3 is 1. The molecule has 17 heavy (non-hydrogen) atoms. The van der Waals surface area contributed by atoms with E-state index in [0.29, 0.717) is 11.6 Å². The lowest BCUT2D eigenvalue weighted by Gasteiger charge is -2.12. The molecular weight excluding hydrogens is 238 g/mol. The first kappa shape index (κ1) is 12.4. The number of hydrogen-bond donors (Lipinski definition) is 1. The number of ether oxygens (including phenoxy) is 1. The Balaban J connectivity index is 2.55. The minimum atomic E-state index is -0.217. The lowest BCUT2D eigenvalue weighted by Crippen LogP contribution is -2.20. The molecule has 0 aliphatic rings. The molecule has 0 spiro atoms. The Morgan fingerprint density at radius 1 is 1.53 bits per heavy atom. The first-order valence-corrected chi connectivity index (χ1v) is 5.95. The molecule has 2 rings (SSSR count). The summed E-state index contributed by atoms with van der Waals surface area (Å²) in [6.45, 7) is 3.35. The Bertz CT molecular complexity index is 524. The summed E-state index contributed by atoms with van der Waals surface area (Å²) in [4.78, 5) is 4.54. The fraction of sp³-hybridized carbons (Fsp3) is 0.417. The molecule has 0 radical (unpaired) electrons. The fourth-order valence-corrected chi connectivity index (χ4v) is 2.16. The van der Waals surface area contributed by atoms with E-state index in [1.807, 2.05) is 18.2 Å². The molecule has 0 saturated carbocycles. The number of nitrogens with zero attached hydrogens (tertiary/aromatic N) is 2. The second-order valence-corrected chi connectivity index (χ2v) is 4.35. The number of hydrogen-bond acceptors (Lipinski definition) is 3. The number of aryl methyl sites for hydroxylation is 1. The Morgan fingerprint density at radius 3 is 2.94 bits per heavy atom. The van der Waals surface area contributed by atoms with Gasteiger partial charge in [-0.3, -0.25) is 0 Å². The van der Waals surface area contributed by atoms with Crippen LogP contribution in [0.25, 0.3) is 11.0 Å². The summed E-state index contributed by atoms with van der Waals surface area (Å²) in [7, 11) is 1.63. The number of benzene rings is 1. The van der Waals surface area contributed by atoms with Crippen LogP contribution in [0.5, 0.6) is 0 Å². The van der Waals surface area contributed by atoms with Gasteiger partial charge in [-0.15, -0.1) is 0 Å². The molecule has 2 N–H and O–H groups in total. The molecular formula is C12H16ClN3O. The SMILES string of the molecule is CCn1c(C(N)COC)nc2cc(Cl)ccc21. The molecule has 0 aliphatic heterocycles. The largest absolute Gasteiger partial charge is 0.383 e. The number of rotatable bonds is 4. The van der Waals surface area contributed by atoms with Gasteiger partial charge in [0.1, 0.15) is 5.82 Å². The van der Waals surface area contributed by atoms with Crippen LogP contribution < -0.4 is 5.73 Å². The van der Waals surface area contributed by atoms with Crippen molar-refractivity contribution >= 4 is 22.6 Å². The highest BCUT2D eigenvalue weighted by atomic mass is 35.5. The average Bonchev–Trinajstić information content (AvgIpc) is 2.66. The first-order chi connectivity index (χ1) is 8.17. The van der Waals surface area contributed by atoms with Crippen LogP contribution in [0, 0.1) is 0 Å². The summed E-state index contributed by atoms with van der Waals surface area (Å²) >= 11 is 5.96. The van der Waals surface area contributed by atoms with Crippen LogP contribution >= 0.6 is 11.6 Å². The van der Waals surface area contributed by atoms with E-state index in [1.54, 1.807) is 7.11 Å². The van der Waals surface area contributed by atoms with Gasteiger partial charge in [-0.05, 0) is 25.1 Å². The van der Waals surface area contributed by atoms with Gasteiger partial charge in [0.15, 0.2) is 0 Å². The van der Waals surface area contributed by atoms with E-state index in [9.17, 15) is 0 Å². The minimum absolute atomic E-state index is 0.217. The Labute approximate surface area is 105 Å². The highest BCUT2D eigenvalue weighted by molar-refractivity contribution is 6.31. The summed E-state index contributed by atoms with van der Waals surface area (Å²) < 4.78 is 7.17. The van der Waals surface area contributed by atoms with Crippen molar-refractivity contribution in [1.82, 2.24) is 9.55 Å². The van der Waals surface area contributed by atoms with Crippen LogP contribution in [0.3, 0.4) is 0 Å². The Morgan fingerprint density at radius 2 is 2.29 bits per heavy atom. The van der Waals surface area contributed by atoms with Crippen LogP contribution in [-0.4, -0.2) is 23.3 Å². The van der Waals surface area contributed by atoms with Gasteiger partial charge in [0.2, 0.25) is 0 Å². The van der Waals surface area contributed by atoms with Gasteiger partial charge in [-0.1, -0.05) is 11.6 Å². The molecule has 0 aliphatic carbocycles. The highest BCUT2D eigenvalue weighted by Crippen LogP contribution is 2.23. The van der Waals surface area contributed by atoms with Crippen LogP contribution in [0.1, 0.15) is 18.8 Å². The maximum absolute atomic E-state index is 6.04. The summed E-state index contributed by atoms with van der Waals surface area (Å²) in [6, 6.07) is 5.47. The van der Waals surface area contributed by atoms with Gasteiger partial charge in [0.05, 0.1) is 23.7 Å². The third-order valence-electron chi connectivity index (χ3n) is 2.73. The second kappa shape index (κ2) is 5.04. The van der Waals surface area contributed by atoms with Gasteiger partial charge < -0.3 is 15.0 Å². The zero-order chi connectivity index (χ0) is 12.4. The van der Waals surface area contributed by atoms with Crippen molar-refractivity contribution in [3.05, 3.63) is 29.0 Å². The molecule has 1 atom stereocenters. The van der Waals surface area contributed by atoms with E-state index in [1.165, 1.54) is 0 Å². The van der Waals surface area contributed by atoms with E-state index in [-0.39, 0.29) is 6.04 Å². The maximum atomic E-state index is 6.04. The molecule has 2 aromatic rings. The highest BCUT2D eigenvalue weighted by Gasteiger charge is 2.16. The Kier molecular flexibility index (Phi) is 3.66. The van der Waals surface area contributed by atoms with Crippen molar-refractivity contribution in [2.24, 2.45) is 5.73 Å². The molecule has 1 aromatic heterocycles. The number of fused-ring (bicyclic) bond motifs is 1. The number of aromatic nitrogens is 2. The van der Waals surface area contributed by atoms with Crippen LogP contribution in [-0.2, 0) is 11.3 Å². The molecule has 5 heteroatoms. The first-order valence-electron chi connectivity index (χ1n) is 5.57. The van der Waals surface area contributed by atoms with E-state index in [4.69, 9.17) is 22.1 Å². The van der Waals surface area contributed by atoms with Gasteiger partial charge >= 0.3 is 0 Å². The van der Waals surface area contributed by atoms with E-state index in [0.717, 1.165) is 23.4 Å². The summed E-state index contributed by atoms with van der Waals surface area (Å²) in [5.41, 5.74) is 7.97. The van der Waals surface area contributed by atoms with E-state index in [2.05, 4.69) is 16.5 Å². The van der Waals surface area contributed by atoms with Gasteiger partial charge in [0.25, 0.3) is 0 Å². The summed E-state index contributed by atoms with van der Waals surface area (Å²) in [5.74, 6) is 0.839. The van der Waals surface area contributed by atoms with Crippen molar-refractivity contribution in [1.29, 1.82) is 0 Å². The number of imidazole rings is 1. The normalized spacial score (nSPS) is 13.2. The molecule has 0 amide bonds. The number of halogens is 1. The van der Waals surface area contributed by atoms with Crippen molar-refractivity contribution in [2.45, 2.75) is 19.5 Å². The fourth-order valence-electron chi connectivity index (χ4n) is 1.99. The molecule has 92 valence electrons. The Hall–Kier alpha value is -1.10. The van der Waals surface area contributed by atoms with E-state index >= 15 is 0 Å². The summed E-state index contributed by atoms with van der Waals surface area (Å²) in [6.07, 6.45) is 0. The lowest BCUT2D eigenvalue weighted by atomic mass is 10.3. The quantitative estimate of drug-likeness (QED) is 0.910. The molecule has 0 saturated heterocycles. The average molecular weight is 254 g/mol. The molecule has 1 heterocycles. The van der Waals surface area contributed by atoms with Crippen molar-refractivity contribution in [2.75, 3.05) is 13.7 Å². The van der Waals surface area contributed by atoms with Gasteiger partial charge in [-0.25, -0.2) is 4.98 Å². The van der Waals surface area contributed by atoms with Crippen molar-refractivity contribution < 1.29 is 4.74 Å². The van der Waals surface area contributed by atoms with Crippen LogP contribution in [0.2, 0.25) is 5.02 Å². The molecule has 0 fully saturated rings. The second-order valence-electron chi connectivity index (χ2n) is 3.91. The monoisotopic (exact) mass is 253 g/mol.